The molecule has 0 unspecified atom stereocenters. The van der Waals surface area contributed by atoms with E-state index in [1.165, 1.54) is 18.2 Å². The average molecular weight is 207 g/mol. The van der Waals surface area contributed by atoms with Crippen LogP contribution in [-0.4, -0.2) is 11.0 Å². The Morgan fingerprint density at radius 2 is 2.27 bits per heavy atom. The van der Waals surface area contributed by atoms with E-state index < -0.39 is 11.7 Å². The normalized spacial score (nSPS) is 9.20. The molecule has 78 valence electrons. The van der Waals surface area contributed by atoms with Crippen molar-refractivity contribution in [2.75, 3.05) is 0 Å². The molecule has 0 aliphatic heterocycles. The second-order valence-electron chi connectivity index (χ2n) is 2.90. The van der Waals surface area contributed by atoms with E-state index in [0.717, 1.165) is 0 Å². The molecule has 1 aromatic rings. The number of rotatable bonds is 2. The summed E-state index contributed by atoms with van der Waals surface area (Å²) < 4.78 is 12.8. The molecule has 0 fully saturated rings. The number of amides is 1. The zero-order valence-corrected chi connectivity index (χ0v) is 7.96. The van der Waals surface area contributed by atoms with E-state index in [-0.39, 0.29) is 13.0 Å². The van der Waals surface area contributed by atoms with Crippen molar-refractivity contribution in [2.24, 2.45) is 5.73 Å². The predicted molar refractivity (Wildman–Crippen MR) is 53.0 cm³/mol. The maximum atomic E-state index is 12.8. The molecule has 0 heterocycles. The summed E-state index contributed by atoms with van der Waals surface area (Å²) in [5, 5.41) is 8.93. The van der Waals surface area contributed by atoms with E-state index in [1.54, 1.807) is 0 Å². The number of benzene rings is 1. The lowest BCUT2D eigenvalue weighted by Crippen LogP contribution is -2.08. The highest BCUT2D eigenvalue weighted by molar-refractivity contribution is 5.76. The fourth-order valence-electron chi connectivity index (χ4n) is 1.04. The van der Waals surface area contributed by atoms with Crippen molar-refractivity contribution in [1.82, 2.24) is 0 Å². The Kier molecular flexibility index (Phi) is 3.83. The Hall–Kier alpha value is -1.86. The van der Waals surface area contributed by atoms with Gasteiger partial charge >= 0.3 is 0 Å². The largest absolute Gasteiger partial charge is 0.392 e. The first kappa shape index (κ1) is 11.2. The molecule has 0 atom stereocenters. The van der Waals surface area contributed by atoms with Gasteiger partial charge in [-0.2, -0.15) is 0 Å². The number of halogens is 1. The van der Waals surface area contributed by atoms with Crippen LogP contribution in [0.1, 0.15) is 17.5 Å². The maximum absolute atomic E-state index is 12.8. The van der Waals surface area contributed by atoms with Crippen molar-refractivity contribution in [2.45, 2.75) is 13.0 Å². The summed E-state index contributed by atoms with van der Waals surface area (Å²) >= 11 is 0. The van der Waals surface area contributed by atoms with Gasteiger partial charge in [0.2, 0.25) is 5.91 Å². The smallest absolute Gasteiger partial charge is 0.229 e. The summed E-state index contributed by atoms with van der Waals surface area (Å²) in [7, 11) is 0. The number of aliphatic hydroxyl groups is 1. The first-order valence-corrected chi connectivity index (χ1v) is 4.30. The van der Waals surface area contributed by atoms with Crippen LogP contribution in [0.5, 0.6) is 0 Å². The van der Waals surface area contributed by atoms with Gasteiger partial charge in [0.05, 0.1) is 13.0 Å². The Labute approximate surface area is 86.7 Å². The lowest BCUT2D eigenvalue weighted by Gasteiger charge is -1.99. The van der Waals surface area contributed by atoms with Crippen molar-refractivity contribution in [1.29, 1.82) is 0 Å². The van der Waals surface area contributed by atoms with Gasteiger partial charge in [-0.3, -0.25) is 4.79 Å². The topological polar surface area (TPSA) is 63.3 Å². The van der Waals surface area contributed by atoms with Crippen LogP contribution in [0.4, 0.5) is 4.39 Å². The summed E-state index contributed by atoms with van der Waals surface area (Å²) in [6.07, 6.45) is -0.0533. The van der Waals surface area contributed by atoms with Crippen LogP contribution in [0.15, 0.2) is 18.2 Å². The second kappa shape index (κ2) is 5.13. The molecule has 0 aliphatic rings. The molecule has 0 aromatic heterocycles. The molecule has 3 nitrogen and oxygen atoms in total. The van der Waals surface area contributed by atoms with E-state index >= 15 is 0 Å². The lowest BCUT2D eigenvalue weighted by molar-refractivity contribution is -0.117. The molecule has 0 saturated heterocycles. The summed E-state index contributed by atoms with van der Waals surface area (Å²) in [6.45, 7) is -0.293. The van der Waals surface area contributed by atoms with Crippen LogP contribution in [0.3, 0.4) is 0 Å². The molecular weight excluding hydrogens is 197 g/mol. The lowest BCUT2D eigenvalue weighted by atomic mass is 10.1. The van der Waals surface area contributed by atoms with Gasteiger partial charge < -0.3 is 10.8 Å². The first-order valence-electron chi connectivity index (χ1n) is 4.30. The number of aliphatic hydroxyl groups excluding tert-OH is 1. The zero-order chi connectivity index (χ0) is 11.3. The second-order valence-corrected chi connectivity index (χ2v) is 2.90. The highest BCUT2D eigenvalue weighted by Gasteiger charge is 2.00. The van der Waals surface area contributed by atoms with Crippen LogP contribution < -0.4 is 5.73 Å². The van der Waals surface area contributed by atoms with E-state index in [4.69, 9.17) is 10.8 Å². The van der Waals surface area contributed by atoms with E-state index in [1.807, 2.05) is 0 Å². The van der Waals surface area contributed by atoms with Gasteiger partial charge in [-0.1, -0.05) is 11.8 Å². The van der Waals surface area contributed by atoms with E-state index in [2.05, 4.69) is 11.8 Å². The minimum absolute atomic E-state index is 0.0533. The van der Waals surface area contributed by atoms with Gasteiger partial charge in [0.1, 0.15) is 5.82 Å². The van der Waals surface area contributed by atoms with Gasteiger partial charge in [0.25, 0.3) is 0 Å². The standard InChI is InChI=1S/C11H10FNO2/c12-10-5-4-8(9(6-10)7-14)2-1-3-11(13)15/h4-6,14H,3,7H2,(H2,13,15). The molecule has 15 heavy (non-hydrogen) atoms. The van der Waals surface area contributed by atoms with Gasteiger partial charge in [0, 0.05) is 5.56 Å². The van der Waals surface area contributed by atoms with Crippen LogP contribution in [0, 0.1) is 17.7 Å². The molecule has 0 bridgehead atoms. The molecule has 4 heteroatoms. The monoisotopic (exact) mass is 207 g/mol. The number of hydrogen-bond acceptors (Lipinski definition) is 2. The van der Waals surface area contributed by atoms with Crippen LogP contribution in [-0.2, 0) is 11.4 Å². The SMILES string of the molecule is NC(=O)CC#Cc1ccc(F)cc1CO. The molecule has 0 aliphatic carbocycles. The fourth-order valence-corrected chi connectivity index (χ4v) is 1.04. The number of carbonyl (C=O) groups excluding carboxylic acids is 1. The summed E-state index contributed by atoms with van der Waals surface area (Å²) in [6, 6.07) is 3.90. The fraction of sp³-hybridized carbons (Fsp3) is 0.182. The third kappa shape index (κ3) is 3.41. The van der Waals surface area contributed by atoms with Gasteiger partial charge in [-0.05, 0) is 23.8 Å². The van der Waals surface area contributed by atoms with Crippen LogP contribution >= 0.6 is 0 Å². The van der Waals surface area contributed by atoms with Crippen molar-refractivity contribution >= 4 is 5.91 Å². The maximum Gasteiger partial charge on any atom is 0.229 e. The number of primary amides is 1. The van der Waals surface area contributed by atoms with Crippen molar-refractivity contribution in [3.05, 3.63) is 35.1 Å². The Morgan fingerprint density at radius 3 is 2.87 bits per heavy atom. The van der Waals surface area contributed by atoms with Crippen molar-refractivity contribution in [3.8, 4) is 11.8 Å². The zero-order valence-electron chi connectivity index (χ0n) is 7.96. The first-order chi connectivity index (χ1) is 7.13. The summed E-state index contributed by atoms with van der Waals surface area (Å²) in [5.41, 5.74) is 5.80. The van der Waals surface area contributed by atoms with Crippen molar-refractivity contribution < 1.29 is 14.3 Å². The number of nitrogens with two attached hydrogens (primary N) is 1. The van der Waals surface area contributed by atoms with Gasteiger partial charge in [0.15, 0.2) is 0 Å². The number of hydrogen-bond donors (Lipinski definition) is 2. The molecule has 3 N–H and O–H groups in total. The number of carbonyl (C=O) groups is 1. The quantitative estimate of drug-likeness (QED) is 0.695. The van der Waals surface area contributed by atoms with Crippen molar-refractivity contribution in [3.63, 3.8) is 0 Å². The molecule has 0 spiro atoms. The molecule has 1 amide bonds. The van der Waals surface area contributed by atoms with Gasteiger partial charge in [-0.25, -0.2) is 4.39 Å². The Bertz CT molecular complexity index is 432. The minimum atomic E-state index is -0.518. The Morgan fingerprint density at radius 1 is 1.53 bits per heavy atom. The third-order valence-corrected chi connectivity index (χ3v) is 1.72. The predicted octanol–water partition coefficient (Wildman–Crippen LogP) is 0.545. The summed E-state index contributed by atoms with van der Waals surface area (Å²) in [5.74, 6) is 4.23. The van der Waals surface area contributed by atoms with Crippen LogP contribution in [0.2, 0.25) is 0 Å². The summed E-state index contributed by atoms with van der Waals surface area (Å²) in [4.78, 5) is 10.4. The minimum Gasteiger partial charge on any atom is -0.392 e. The van der Waals surface area contributed by atoms with E-state index in [9.17, 15) is 9.18 Å². The molecule has 0 radical (unpaired) electrons. The molecule has 0 saturated carbocycles. The highest BCUT2D eigenvalue weighted by atomic mass is 19.1. The van der Waals surface area contributed by atoms with Gasteiger partial charge in [-0.15, -0.1) is 0 Å². The average Bonchev–Trinajstić information content (AvgIpc) is 2.19. The molecule has 1 aromatic carbocycles. The Balaban J connectivity index is 2.92. The highest BCUT2D eigenvalue weighted by Crippen LogP contribution is 2.10. The molecular formula is C11H10FNO2. The van der Waals surface area contributed by atoms with Crippen LogP contribution in [0.25, 0.3) is 0 Å². The third-order valence-electron chi connectivity index (χ3n) is 1.72. The van der Waals surface area contributed by atoms with E-state index in [0.29, 0.717) is 11.1 Å². The molecule has 1 rings (SSSR count).